The Labute approximate surface area is 179 Å². The lowest BCUT2D eigenvalue weighted by Crippen LogP contribution is -2.49. The fourth-order valence-electron chi connectivity index (χ4n) is 3.18. The zero-order valence-electron chi connectivity index (χ0n) is 17.4. The molecule has 12 heteroatoms. The van der Waals surface area contributed by atoms with Gasteiger partial charge < -0.3 is 15.4 Å². The summed E-state index contributed by atoms with van der Waals surface area (Å²) in [6.07, 6.45) is -0.622. The Kier molecular flexibility index (Phi) is 6.54. The molecular weight excluding hydrogens is 436 g/mol. The molecule has 0 aromatic heterocycles. The first kappa shape index (κ1) is 23.4. The van der Waals surface area contributed by atoms with Crippen LogP contribution in [0.15, 0.2) is 29.7 Å². The van der Waals surface area contributed by atoms with Crippen LogP contribution >= 0.6 is 19.6 Å². The maximum atomic E-state index is 15.4. The molecule has 0 saturated carbocycles. The van der Waals surface area contributed by atoms with Crippen LogP contribution in [-0.4, -0.2) is 52.5 Å². The Morgan fingerprint density at radius 2 is 2.27 bits per heavy atom. The number of hydrogen-bond donors (Lipinski definition) is 1. The molecule has 0 amide bonds. The average Bonchev–Trinajstić information content (AvgIpc) is 2.94. The summed E-state index contributed by atoms with van der Waals surface area (Å²) in [5.41, 5.74) is 3.90. The lowest BCUT2D eigenvalue weighted by Gasteiger charge is -2.39. The fraction of sp³-hybridized carbons (Fsp3) is 0.667. The zero-order valence-corrected chi connectivity index (χ0v) is 19.1. The summed E-state index contributed by atoms with van der Waals surface area (Å²) in [4.78, 5) is 17.4. The van der Waals surface area contributed by atoms with Crippen molar-refractivity contribution >= 4 is 30.5 Å². The molecule has 5 atom stereocenters. The first-order valence-electron chi connectivity index (χ1n) is 9.47. The highest BCUT2D eigenvalue weighted by molar-refractivity contribution is 8.13. The number of rotatable bonds is 5. The molecule has 3 aliphatic rings. The summed E-state index contributed by atoms with van der Waals surface area (Å²) in [5.74, 6) is 0.220. The molecule has 2 saturated heterocycles. The van der Waals surface area contributed by atoms with Gasteiger partial charge in [-0.3, -0.25) is 18.4 Å². The molecule has 0 aliphatic carbocycles. The number of carbonyl (C=O) groups is 1. The van der Waals surface area contributed by atoms with E-state index >= 15 is 4.39 Å². The number of aliphatic imine (C=N–C) groups is 1. The molecular formula is C18H27FN3O6PS. The normalized spacial score (nSPS) is 36.6. The first-order valence-corrected chi connectivity index (χ1v) is 11.9. The molecule has 2 fully saturated rings. The van der Waals surface area contributed by atoms with Crippen molar-refractivity contribution in [3.63, 3.8) is 0 Å². The number of fused-ring (bicyclic) bond motifs is 1. The molecule has 0 radical (unpaired) electrons. The second kappa shape index (κ2) is 8.37. The van der Waals surface area contributed by atoms with Gasteiger partial charge in [-0.15, -0.1) is 0 Å². The van der Waals surface area contributed by atoms with Crippen LogP contribution in [0.3, 0.4) is 0 Å². The number of amidine groups is 1. The van der Waals surface area contributed by atoms with Gasteiger partial charge in [0.25, 0.3) is 0 Å². The predicted octanol–water partition coefficient (Wildman–Crippen LogP) is 3.29. The molecule has 30 heavy (non-hydrogen) atoms. The minimum absolute atomic E-state index is 0.142. The largest absolute Gasteiger partial charge is 0.476 e. The Morgan fingerprint density at radius 3 is 2.87 bits per heavy atom. The molecule has 3 heterocycles. The molecule has 3 rings (SSSR count). The number of thioether (sulfide) groups is 1. The van der Waals surface area contributed by atoms with Gasteiger partial charge in [0, 0.05) is 11.6 Å². The van der Waals surface area contributed by atoms with Crippen molar-refractivity contribution < 1.29 is 32.1 Å². The number of nitrogens with zero attached hydrogens (tertiary/aromatic N) is 2. The van der Waals surface area contributed by atoms with E-state index in [1.807, 2.05) is 0 Å². The van der Waals surface area contributed by atoms with E-state index in [0.717, 1.165) is 11.8 Å². The van der Waals surface area contributed by atoms with E-state index in [2.05, 4.69) is 11.6 Å². The number of halogens is 1. The lowest BCUT2D eigenvalue weighted by molar-refractivity contribution is -0.151. The monoisotopic (exact) mass is 463 g/mol. The van der Waals surface area contributed by atoms with Gasteiger partial charge in [-0.2, -0.15) is 0 Å². The van der Waals surface area contributed by atoms with E-state index in [4.69, 9.17) is 24.0 Å². The van der Waals surface area contributed by atoms with Gasteiger partial charge >= 0.3 is 7.82 Å². The van der Waals surface area contributed by atoms with E-state index < -0.39 is 37.3 Å². The molecule has 9 nitrogen and oxygen atoms in total. The van der Waals surface area contributed by atoms with Crippen LogP contribution in [0, 0.1) is 5.41 Å². The number of carbonyl (C=O) groups excluding carboxylic acids is 1. The number of ether oxygens (including phenoxy) is 1. The highest BCUT2D eigenvalue weighted by Crippen LogP contribution is 2.60. The van der Waals surface area contributed by atoms with Crippen molar-refractivity contribution in [2.45, 2.75) is 58.2 Å². The molecule has 2 N–H and O–H groups in total. The molecule has 168 valence electrons. The summed E-state index contributed by atoms with van der Waals surface area (Å²) >= 11 is 0.856. The third kappa shape index (κ3) is 4.51. The molecule has 0 aromatic carbocycles. The summed E-state index contributed by atoms with van der Waals surface area (Å²) in [6, 6.07) is 0. The van der Waals surface area contributed by atoms with Crippen LogP contribution < -0.4 is 5.73 Å². The molecule has 2 unspecified atom stereocenters. The van der Waals surface area contributed by atoms with Crippen molar-refractivity contribution in [2.24, 2.45) is 16.1 Å². The number of phosphoric acid groups is 1. The maximum absolute atomic E-state index is 15.4. The van der Waals surface area contributed by atoms with Crippen LogP contribution in [0.1, 0.15) is 34.1 Å². The third-order valence-corrected chi connectivity index (χ3v) is 7.65. The van der Waals surface area contributed by atoms with E-state index in [-0.39, 0.29) is 29.3 Å². The van der Waals surface area contributed by atoms with Crippen molar-refractivity contribution in [3.8, 4) is 0 Å². The van der Waals surface area contributed by atoms with E-state index in [1.54, 1.807) is 27.7 Å². The molecule has 0 aromatic rings. The molecule has 3 aliphatic heterocycles. The van der Waals surface area contributed by atoms with Crippen molar-refractivity contribution in [2.75, 3.05) is 12.5 Å². The highest BCUT2D eigenvalue weighted by atomic mass is 32.2. The van der Waals surface area contributed by atoms with Crippen LogP contribution in [-0.2, 0) is 27.7 Å². The minimum atomic E-state index is -4.08. The summed E-state index contributed by atoms with van der Waals surface area (Å²) in [7, 11) is -4.08. The molecule has 0 spiro atoms. The first-order chi connectivity index (χ1) is 13.9. The lowest BCUT2D eigenvalue weighted by atomic mass is 9.94. The van der Waals surface area contributed by atoms with Crippen LogP contribution in [0.5, 0.6) is 0 Å². The fourth-order valence-corrected chi connectivity index (χ4v) is 5.61. The Morgan fingerprint density at radius 1 is 1.57 bits per heavy atom. The van der Waals surface area contributed by atoms with E-state index in [1.165, 1.54) is 17.2 Å². The van der Waals surface area contributed by atoms with Crippen LogP contribution in [0.4, 0.5) is 4.39 Å². The number of alkyl halides is 1. The highest BCUT2D eigenvalue weighted by Gasteiger charge is 2.63. The SMILES string of the molecule is C=C1N=C(N)C=CN1[C@@H]1O[C@]2(CC)COP(=O)(OCSC(=O)C(C)(C)C)OC2[C@H]1F. The number of phosphoric ester groups is 1. The average molecular weight is 463 g/mol. The van der Waals surface area contributed by atoms with Crippen LogP contribution in [0.2, 0.25) is 0 Å². The minimum Gasteiger partial charge on any atom is -0.384 e. The smallest absolute Gasteiger partial charge is 0.384 e. The topological polar surface area (TPSA) is 113 Å². The molecule has 0 bridgehead atoms. The summed E-state index contributed by atoms with van der Waals surface area (Å²) < 4.78 is 50.4. The summed E-state index contributed by atoms with van der Waals surface area (Å²) in [5, 5.41) is -0.142. The quantitative estimate of drug-likeness (QED) is 0.485. The zero-order chi connectivity index (χ0) is 22.3. The van der Waals surface area contributed by atoms with Crippen molar-refractivity contribution in [1.82, 2.24) is 4.90 Å². The van der Waals surface area contributed by atoms with E-state index in [0.29, 0.717) is 6.42 Å². The van der Waals surface area contributed by atoms with Gasteiger partial charge in [0.2, 0.25) is 0 Å². The summed E-state index contributed by atoms with van der Waals surface area (Å²) in [6.45, 7) is 10.7. The van der Waals surface area contributed by atoms with Gasteiger partial charge in [0.15, 0.2) is 17.5 Å². The second-order valence-electron chi connectivity index (χ2n) is 8.22. The van der Waals surface area contributed by atoms with E-state index in [9.17, 15) is 9.36 Å². The number of nitrogens with two attached hydrogens (primary N) is 1. The van der Waals surface area contributed by atoms with Gasteiger partial charge in [-0.25, -0.2) is 13.9 Å². The Hall–Kier alpha value is -1.23. The Bertz CT molecular complexity index is 831. The number of hydrogen-bond acceptors (Lipinski definition) is 10. The standard InChI is InChI=1S/C18H27FN3O6PS/c1-6-18-9-25-29(24,26-10-30-16(23)17(3,4)5)28-14(18)13(19)15(27-18)22-8-7-12(20)21-11(22)2/h7-8,13-15H,2,6,9-10H2,1,3-5H3,(H2,20,21)/t13-,14?,15-,18-,29?/m1/s1. The second-order valence-corrected chi connectivity index (χ2v) is 10.7. The van der Waals surface area contributed by atoms with Gasteiger partial charge in [0.05, 0.1) is 6.61 Å². The van der Waals surface area contributed by atoms with Gasteiger partial charge in [-0.05, 0) is 12.5 Å². The van der Waals surface area contributed by atoms with Gasteiger partial charge in [0.1, 0.15) is 29.3 Å². The third-order valence-electron chi connectivity index (χ3n) is 4.99. The van der Waals surface area contributed by atoms with Crippen LogP contribution in [0.25, 0.3) is 0 Å². The van der Waals surface area contributed by atoms with Crippen molar-refractivity contribution in [1.29, 1.82) is 0 Å². The Balaban J connectivity index is 1.70. The predicted molar refractivity (Wildman–Crippen MR) is 111 cm³/mol. The maximum Gasteiger partial charge on any atom is 0.476 e. The van der Waals surface area contributed by atoms with Gasteiger partial charge in [-0.1, -0.05) is 46.0 Å². The van der Waals surface area contributed by atoms with Crippen molar-refractivity contribution in [3.05, 3.63) is 24.7 Å².